The summed E-state index contributed by atoms with van der Waals surface area (Å²) in [4.78, 5) is 13.1. The second-order valence-electron chi connectivity index (χ2n) is 4.71. The Morgan fingerprint density at radius 3 is 1.96 bits per heavy atom. The van der Waals surface area contributed by atoms with Crippen LogP contribution < -0.4 is 0 Å². The first-order valence-electron chi connectivity index (χ1n) is 6.56. The molecule has 13 heteroatoms. The standard InChI is InChI=1S/C14H7F5N2O3.2ClH.Zr/c1-5-2-7(21(23)24)3-6(14(5)22)4-20-13-11(18)9(16)8(15)10(17)12(13)19;;;/h2-4,22H,1H3;2*1H;/q;;;+2/p-2. The average molecular weight is 508 g/mol. The third kappa shape index (κ3) is 5.46. The van der Waals surface area contributed by atoms with Gasteiger partial charge < -0.3 is 5.11 Å². The van der Waals surface area contributed by atoms with E-state index in [1.165, 1.54) is 6.92 Å². The Kier molecular flexibility index (Phi) is 8.78. The molecule has 0 spiro atoms. The maximum atomic E-state index is 13.5. The number of hydrogen-bond acceptors (Lipinski definition) is 4. The summed E-state index contributed by atoms with van der Waals surface area (Å²) in [6.45, 7) is 1.32. The van der Waals surface area contributed by atoms with E-state index in [0.29, 0.717) is 6.21 Å². The third-order valence-corrected chi connectivity index (χ3v) is 3.04. The fourth-order valence-corrected chi connectivity index (χ4v) is 1.83. The van der Waals surface area contributed by atoms with Crippen LogP contribution in [-0.4, -0.2) is 16.2 Å². The number of nitrogens with zero attached hydrogens (tertiary/aromatic N) is 2. The summed E-state index contributed by atoms with van der Waals surface area (Å²) < 4.78 is 66.0. The molecule has 0 radical (unpaired) electrons. The predicted octanol–water partition coefficient (Wildman–Crippen LogP) is 5.43. The van der Waals surface area contributed by atoms with Crippen molar-refractivity contribution in [2.75, 3.05) is 0 Å². The first-order chi connectivity index (χ1) is 12.6. The number of aromatic hydroxyl groups is 1. The van der Waals surface area contributed by atoms with Crippen molar-refractivity contribution in [1.82, 2.24) is 0 Å². The fourth-order valence-electron chi connectivity index (χ4n) is 1.83. The number of aryl methyl sites for hydroxylation is 1. The van der Waals surface area contributed by atoms with Crippen LogP contribution >= 0.6 is 17.0 Å². The molecular weight excluding hydrogens is 501 g/mol. The van der Waals surface area contributed by atoms with Crippen molar-refractivity contribution in [3.8, 4) is 5.75 Å². The van der Waals surface area contributed by atoms with Gasteiger partial charge in [-0.2, -0.15) is 0 Å². The van der Waals surface area contributed by atoms with Crippen molar-refractivity contribution in [2.24, 2.45) is 4.99 Å². The molecule has 0 amide bonds. The van der Waals surface area contributed by atoms with Crippen LogP contribution in [0.1, 0.15) is 11.1 Å². The molecule has 0 unspecified atom stereocenters. The fraction of sp³-hybridized carbons (Fsp3) is 0.0714. The molecule has 2 aromatic rings. The monoisotopic (exact) mass is 506 g/mol. The number of benzene rings is 2. The van der Waals surface area contributed by atoms with Crippen LogP contribution in [0.2, 0.25) is 0 Å². The molecule has 0 aliphatic carbocycles. The number of phenolic OH excluding ortho intramolecular Hbond substituents is 1. The summed E-state index contributed by atoms with van der Waals surface area (Å²) in [7, 11) is 9.87. The molecule has 0 heterocycles. The molecule has 144 valence electrons. The van der Waals surface area contributed by atoms with Gasteiger partial charge in [-0.1, -0.05) is 0 Å². The Morgan fingerprint density at radius 2 is 1.52 bits per heavy atom. The average Bonchev–Trinajstić information content (AvgIpc) is 2.62. The van der Waals surface area contributed by atoms with E-state index in [-0.39, 0.29) is 11.1 Å². The molecule has 0 aliphatic heterocycles. The molecule has 0 aromatic heterocycles. The van der Waals surface area contributed by atoms with Gasteiger partial charge in [-0.25, -0.2) is 26.9 Å². The van der Waals surface area contributed by atoms with Crippen LogP contribution in [0.25, 0.3) is 0 Å². The molecule has 0 aliphatic rings. The van der Waals surface area contributed by atoms with E-state index in [1.807, 2.05) is 0 Å². The van der Waals surface area contributed by atoms with Crippen molar-refractivity contribution in [1.29, 1.82) is 0 Å². The quantitative estimate of drug-likeness (QED) is 0.150. The van der Waals surface area contributed by atoms with Gasteiger partial charge in [0.05, 0.1) is 4.92 Å². The number of nitro groups is 1. The van der Waals surface area contributed by atoms with Gasteiger partial charge in [-0.15, -0.1) is 0 Å². The maximum absolute atomic E-state index is 13.5. The van der Waals surface area contributed by atoms with Gasteiger partial charge in [-0.3, -0.25) is 10.1 Å². The molecule has 2 aromatic carbocycles. The molecule has 1 N–H and O–H groups in total. The first kappa shape index (κ1) is 23.5. The minimum absolute atomic E-state index is 0.0584. The molecule has 0 atom stereocenters. The van der Waals surface area contributed by atoms with Crippen LogP contribution in [0.3, 0.4) is 0 Å². The second-order valence-corrected chi connectivity index (χ2v) is 8.44. The molecule has 0 fully saturated rings. The molecule has 0 saturated carbocycles. The molecule has 5 nitrogen and oxygen atoms in total. The van der Waals surface area contributed by atoms with E-state index in [2.05, 4.69) is 4.99 Å². The summed E-state index contributed by atoms with van der Waals surface area (Å²) in [5.74, 6) is -11.5. The summed E-state index contributed by atoms with van der Waals surface area (Å²) in [6.07, 6.45) is 0.563. The number of nitro benzene ring substituents is 1. The number of rotatable bonds is 3. The zero-order valence-electron chi connectivity index (χ0n) is 13.0. The minimum atomic E-state index is -2.34. The van der Waals surface area contributed by atoms with E-state index in [9.17, 15) is 37.2 Å². The van der Waals surface area contributed by atoms with Crippen molar-refractivity contribution in [3.63, 3.8) is 0 Å². The van der Waals surface area contributed by atoms with Gasteiger partial charge in [0.25, 0.3) is 5.69 Å². The van der Waals surface area contributed by atoms with Crippen LogP contribution in [-0.2, 0) is 20.8 Å². The van der Waals surface area contributed by atoms with Gasteiger partial charge in [0.15, 0.2) is 23.3 Å². The molecule has 2 rings (SSSR count). The second kappa shape index (κ2) is 10.1. The van der Waals surface area contributed by atoms with Crippen molar-refractivity contribution in [2.45, 2.75) is 6.92 Å². The van der Waals surface area contributed by atoms with E-state index in [4.69, 9.17) is 17.0 Å². The van der Waals surface area contributed by atoms with Crippen LogP contribution in [0.4, 0.5) is 33.3 Å². The van der Waals surface area contributed by atoms with Gasteiger partial charge in [0.2, 0.25) is 5.82 Å². The van der Waals surface area contributed by atoms with Crippen LogP contribution in [0.5, 0.6) is 5.75 Å². The van der Waals surface area contributed by atoms with Crippen molar-refractivity contribution < 1.29 is 52.8 Å². The molecule has 0 bridgehead atoms. The normalized spacial score (nSPS) is 10.5. The Hall–Kier alpha value is -1.58. The summed E-state index contributed by atoms with van der Waals surface area (Å²) in [5, 5.41) is 20.5. The van der Waals surface area contributed by atoms with Gasteiger partial charge in [0.1, 0.15) is 11.4 Å². The number of non-ortho nitro benzene ring substituents is 1. The Balaban J connectivity index is 0.00000114. The van der Waals surface area contributed by atoms with Crippen molar-refractivity contribution >= 4 is 34.6 Å². The zero-order chi connectivity index (χ0) is 20.9. The Labute approximate surface area is 167 Å². The van der Waals surface area contributed by atoms with Gasteiger partial charge in [0, 0.05) is 23.9 Å². The number of halogens is 7. The topological polar surface area (TPSA) is 75.7 Å². The van der Waals surface area contributed by atoms with Gasteiger partial charge >= 0.3 is 37.9 Å². The van der Waals surface area contributed by atoms with E-state index in [0.717, 1.165) is 12.1 Å². The van der Waals surface area contributed by atoms with Crippen LogP contribution in [0.15, 0.2) is 17.1 Å². The summed E-state index contributed by atoms with van der Waals surface area (Å²) in [5.41, 5.74) is -2.20. The number of aliphatic imine (C=N–C) groups is 1. The molecular formula is C14H7Cl2F5N2O3Zr. The van der Waals surface area contributed by atoms with Crippen LogP contribution in [0, 0.1) is 46.1 Å². The molecule has 27 heavy (non-hydrogen) atoms. The van der Waals surface area contributed by atoms with E-state index < -0.39 is 72.0 Å². The SMILES string of the molecule is Cc1cc([N+](=O)[O-])cc(C=Nc2c(F)c(F)c(F)c(F)c2F)c1O.[Cl][Zr][Cl]. The van der Waals surface area contributed by atoms with Gasteiger partial charge in [-0.05, 0) is 12.5 Å². The summed E-state index contributed by atoms with van der Waals surface area (Å²) >= 11 is -0.826. The Morgan fingerprint density at radius 1 is 1.07 bits per heavy atom. The zero-order valence-corrected chi connectivity index (χ0v) is 17.0. The first-order valence-corrected chi connectivity index (χ1v) is 12.9. The number of hydrogen-bond donors (Lipinski definition) is 1. The van der Waals surface area contributed by atoms with E-state index in [1.54, 1.807) is 0 Å². The van der Waals surface area contributed by atoms with E-state index >= 15 is 0 Å². The predicted molar refractivity (Wildman–Crippen MR) is 84.7 cm³/mol. The third-order valence-electron chi connectivity index (χ3n) is 3.04. The summed E-state index contributed by atoms with van der Waals surface area (Å²) in [6, 6.07) is 1.86. The Bertz CT molecular complexity index is 886. The number of phenols is 1. The molecule has 0 saturated heterocycles. The van der Waals surface area contributed by atoms with Crippen molar-refractivity contribution in [3.05, 3.63) is 62.5 Å².